The molecule has 1 saturated carbocycles. The number of oxime groups is 1. The first-order valence-electron chi connectivity index (χ1n) is 12.9. The minimum absolute atomic E-state index is 0.00824. The molecular formula is C29H32FN7O2. The molecule has 9 nitrogen and oxygen atoms in total. The Kier molecular flexibility index (Phi) is 7.69. The fourth-order valence-corrected chi connectivity index (χ4v) is 5.17. The van der Waals surface area contributed by atoms with Crippen LogP contribution < -0.4 is 10.5 Å². The fraction of sp³-hybridized carbons (Fsp3) is 0.448. The molecule has 0 unspecified atom stereocenters. The molecule has 3 aromatic rings. The van der Waals surface area contributed by atoms with Gasteiger partial charge >= 0.3 is 0 Å². The number of halogens is 1. The van der Waals surface area contributed by atoms with Gasteiger partial charge in [0, 0.05) is 37.9 Å². The van der Waals surface area contributed by atoms with Crippen LogP contribution in [0.2, 0.25) is 0 Å². The Balaban J connectivity index is 1.69. The molecule has 0 spiro atoms. The van der Waals surface area contributed by atoms with Crippen LogP contribution in [0.5, 0.6) is 0 Å². The van der Waals surface area contributed by atoms with Crippen molar-refractivity contribution in [1.29, 1.82) is 10.5 Å². The van der Waals surface area contributed by atoms with Crippen molar-refractivity contribution < 1.29 is 9.23 Å². The smallest absolute Gasteiger partial charge is 0.270 e. The summed E-state index contributed by atoms with van der Waals surface area (Å²) in [4.78, 5) is 29.5. The first-order valence-corrected chi connectivity index (χ1v) is 12.9. The van der Waals surface area contributed by atoms with E-state index in [0.717, 1.165) is 0 Å². The van der Waals surface area contributed by atoms with Crippen molar-refractivity contribution in [3.8, 4) is 12.1 Å². The summed E-state index contributed by atoms with van der Waals surface area (Å²) in [6.07, 6.45) is 4.23. The van der Waals surface area contributed by atoms with Crippen LogP contribution in [-0.2, 0) is 11.9 Å². The standard InChI is InChI=1S/C29H32FN7O2/c1-17-24(22(30)13-14-33-17)25(35-39-29(2,3)4)18-7-10-20(11-8-18)36(5)27-21(16-32)28(38)37(6)23-12-9-19(15-31)34-26(23)27/h9,12-14,18,20H,7-8,10-11H2,1-6H3/b35-25-. The van der Waals surface area contributed by atoms with E-state index in [2.05, 4.69) is 21.2 Å². The number of nitrogens with zero attached hydrogens (tertiary/aromatic N) is 7. The molecule has 3 aromatic heterocycles. The van der Waals surface area contributed by atoms with Gasteiger partial charge in [-0.2, -0.15) is 10.5 Å². The maximum absolute atomic E-state index is 15.0. The van der Waals surface area contributed by atoms with Gasteiger partial charge in [-0.15, -0.1) is 0 Å². The summed E-state index contributed by atoms with van der Waals surface area (Å²) in [5, 5.41) is 23.8. The molecule has 39 heavy (non-hydrogen) atoms. The molecule has 0 aromatic carbocycles. The van der Waals surface area contributed by atoms with E-state index < -0.39 is 11.2 Å². The van der Waals surface area contributed by atoms with Crippen molar-refractivity contribution in [2.24, 2.45) is 18.1 Å². The molecule has 4 rings (SSSR count). The summed E-state index contributed by atoms with van der Waals surface area (Å²) < 4.78 is 16.4. The van der Waals surface area contributed by atoms with Crippen molar-refractivity contribution in [2.45, 2.75) is 65.0 Å². The van der Waals surface area contributed by atoms with Gasteiger partial charge in [-0.3, -0.25) is 9.78 Å². The van der Waals surface area contributed by atoms with Crippen LogP contribution in [0.25, 0.3) is 11.0 Å². The topological polar surface area (TPSA) is 120 Å². The van der Waals surface area contributed by atoms with Gasteiger partial charge in [0.05, 0.1) is 22.5 Å². The molecule has 10 heteroatoms. The highest BCUT2D eigenvalue weighted by Crippen LogP contribution is 2.36. The van der Waals surface area contributed by atoms with E-state index in [4.69, 9.17) is 4.84 Å². The summed E-state index contributed by atoms with van der Waals surface area (Å²) in [5.41, 5.74) is 2.12. The zero-order valence-corrected chi connectivity index (χ0v) is 23.1. The Morgan fingerprint density at radius 2 is 1.87 bits per heavy atom. The van der Waals surface area contributed by atoms with Crippen molar-refractivity contribution in [3.63, 3.8) is 0 Å². The first-order chi connectivity index (χ1) is 18.5. The molecule has 0 N–H and O–H groups in total. The molecule has 0 atom stereocenters. The zero-order valence-electron chi connectivity index (χ0n) is 23.1. The van der Waals surface area contributed by atoms with Crippen LogP contribution in [0.4, 0.5) is 10.1 Å². The summed E-state index contributed by atoms with van der Waals surface area (Å²) in [6.45, 7) is 7.43. The fourth-order valence-electron chi connectivity index (χ4n) is 5.17. The number of hydrogen-bond donors (Lipinski definition) is 0. The normalized spacial score (nSPS) is 17.9. The number of rotatable bonds is 5. The lowest BCUT2D eigenvalue weighted by atomic mass is 9.80. The zero-order chi connectivity index (χ0) is 28.5. The Hall–Kier alpha value is -4.31. The second-order valence-electron chi connectivity index (χ2n) is 10.9. The van der Waals surface area contributed by atoms with Gasteiger partial charge in [-0.05, 0) is 71.6 Å². The number of pyridine rings is 3. The quantitative estimate of drug-likeness (QED) is 0.346. The predicted molar refractivity (Wildman–Crippen MR) is 147 cm³/mol. The molecule has 1 aliphatic carbocycles. The van der Waals surface area contributed by atoms with Gasteiger partial charge < -0.3 is 14.3 Å². The van der Waals surface area contributed by atoms with Gasteiger partial charge in [0.15, 0.2) is 0 Å². The van der Waals surface area contributed by atoms with Crippen LogP contribution >= 0.6 is 0 Å². The van der Waals surface area contributed by atoms with E-state index in [1.165, 1.54) is 16.8 Å². The highest BCUT2D eigenvalue weighted by molar-refractivity contribution is 6.03. The Bertz CT molecular complexity index is 1560. The second kappa shape index (κ2) is 10.8. The maximum Gasteiger partial charge on any atom is 0.270 e. The minimum Gasteiger partial charge on any atom is -0.390 e. The van der Waals surface area contributed by atoms with E-state index in [0.29, 0.717) is 59.4 Å². The van der Waals surface area contributed by atoms with Gasteiger partial charge in [0.2, 0.25) is 0 Å². The lowest BCUT2D eigenvalue weighted by Crippen LogP contribution is -2.39. The molecule has 0 saturated heterocycles. The van der Waals surface area contributed by atoms with Crippen LogP contribution in [0.3, 0.4) is 0 Å². The number of aromatic nitrogens is 3. The van der Waals surface area contributed by atoms with Crippen molar-refractivity contribution in [3.05, 3.63) is 63.1 Å². The molecule has 3 heterocycles. The number of fused-ring (bicyclic) bond motifs is 1. The van der Waals surface area contributed by atoms with E-state index in [1.54, 1.807) is 26.1 Å². The van der Waals surface area contributed by atoms with Crippen LogP contribution in [0.15, 0.2) is 34.3 Å². The number of hydrogen-bond acceptors (Lipinski definition) is 8. The summed E-state index contributed by atoms with van der Waals surface area (Å²) in [5.74, 6) is -0.448. The molecule has 0 aliphatic heterocycles. The van der Waals surface area contributed by atoms with E-state index in [9.17, 15) is 19.7 Å². The van der Waals surface area contributed by atoms with E-state index >= 15 is 0 Å². The number of nitriles is 2. The Labute approximate surface area is 227 Å². The molecule has 0 bridgehead atoms. The summed E-state index contributed by atoms with van der Waals surface area (Å²) >= 11 is 0. The van der Waals surface area contributed by atoms with Gasteiger partial charge in [-0.1, -0.05) is 5.16 Å². The third-order valence-corrected chi connectivity index (χ3v) is 7.19. The van der Waals surface area contributed by atoms with Crippen molar-refractivity contribution >= 4 is 22.4 Å². The summed E-state index contributed by atoms with van der Waals surface area (Å²) in [7, 11) is 3.44. The number of anilines is 1. The van der Waals surface area contributed by atoms with Crippen molar-refractivity contribution in [1.82, 2.24) is 14.5 Å². The largest absolute Gasteiger partial charge is 0.390 e. The molecule has 1 aliphatic rings. The molecule has 0 amide bonds. The highest BCUT2D eigenvalue weighted by Gasteiger charge is 2.33. The Morgan fingerprint density at radius 1 is 1.18 bits per heavy atom. The second-order valence-corrected chi connectivity index (χ2v) is 10.9. The third-order valence-electron chi connectivity index (χ3n) is 7.19. The van der Waals surface area contributed by atoms with Gasteiger partial charge in [-0.25, -0.2) is 9.37 Å². The highest BCUT2D eigenvalue weighted by atomic mass is 19.1. The summed E-state index contributed by atoms with van der Waals surface area (Å²) in [6, 6.07) is 8.67. The average molecular weight is 530 g/mol. The Morgan fingerprint density at radius 3 is 2.46 bits per heavy atom. The van der Waals surface area contributed by atoms with Gasteiger partial charge in [0.1, 0.15) is 40.3 Å². The van der Waals surface area contributed by atoms with E-state index in [1.807, 2.05) is 38.8 Å². The monoisotopic (exact) mass is 529 g/mol. The average Bonchev–Trinajstić information content (AvgIpc) is 2.91. The van der Waals surface area contributed by atoms with Crippen molar-refractivity contribution in [2.75, 3.05) is 11.9 Å². The maximum atomic E-state index is 15.0. The number of aryl methyl sites for hydroxylation is 2. The van der Waals surface area contributed by atoms with Crippen LogP contribution in [0.1, 0.15) is 69.0 Å². The predicted octanol–water partition coefficient (Wildman–Crippen LogP) is 4.73. The first kappa shape index (κ1) is 27.7. The molecule has 0 radical (unpaired) electrons. The molecule has 1 fully saturated rings. The molecular weight excluding hydrogens is 497 g/mol. The SMILES string of the molecule is Cc1nccc(F)c1/C(=N\OC(C)(C)C)C1CCC(N(C)c2c(C#N)c(=O)n(C)c3ccc(C#N)nc23)CC1. The molecule has 202 valence electrons. The third kappa shape index (κ3) is 5.46. The lowest BCUT2D eigenvalue weighted by Gasteiger charge is -2.37. The van der Waals surface area contributed by atoms with Crippen LogP contribution in [-0.4, -0.2) is 38.9 Å². The van der Waals surface area contributed by atoms with Crippen LogP contribution in [0, 0.1) is 41.3 Å². The lowest BCUT2D eigenvalue weighted by molar-refractivity contribution is -0.0000843. The minimum atomic E-state index is -0.543. The van der Waals surface area contributed by atoms with Gasteiger partial charge in [0.25, 0.3) is 5.56 Å². The van der Waals surface area contributed by atoms with E-state index in [-0.39, 0.29) is 29.0 Å².